The zero-order chi connectivity index (χ0) is 23.3. The van der Waals surface area contributed by atoms with Crippen LogP contribution in [-0.2, 0) is 11.2 Å². The Balaban J connectivity index is 1.68. The first-order chi connectivity index (χ1) is 15.1. The van der Waals surface area contributed by atoms with Gasteiger partial charge in [0, 0.05) is 0 Å². The minimum Gasteiger partial charge on any atom is -0.505 e. The fourth-order valence-corrected chi connectivity index (χ4v) is 3.77. The number of primary amides is 1. The maximum absolute atomic E-state index is 13.8. The number of phenols is 1. The van der Waals surface area contributed by atoms with Crippen molar-refractivity contribution in [3.05, 3.63) is 59.4 Å². The summed E-state index contributed by atoms with van der Waals surface area (Å²) in [5, 5.41) is 21.6. The maximum Gasteiger partial charge on any atom is 0.573 e. The van der Waals surface area contributed by atoms with E-state index in [4.69, 9.17) is 0 Å². The van der Waals surface area contributed by atoms with Gasteiger partial charge in [0.1, 0.15) is 17.9 Å². The van der Waals surface area contributed by atoms with Crippen LogP contribution >= 0.6 is 0 Å². The summed E-state index contributed by atoms with van der Waals surface area (Å²) in [4.78, 5) is 14.8. The van der Waals surface area contributed by atoms with Crippen LogP contribution in [0.4, 0.5) is 17.6 Å². The average molecular weight is 457 g/mol. The van der Waals surface area contributed by atoms with E-state index in [9.17, 15) is 32.6 Å². The highest BCUT2D eigenvalue weighted by atomic mass is 19.4. The molecule has 0 bridgehead atoms. The van der Waals surface area contributed by atoms with E-state index in [1.807, 2.05) is 0 Å². The van der Waals surface area contributed by atoms with Gasteiger partial charge in [-0.25, -0.2) is 9.18 Å². The number of nitrogens with zero attached hydrogens (tertiary/aromatic N) is 1. The van der Waals surface area contributed by atoms with Gasteiger partial charge in [-0.3, -0.25) is 10.2 Å². The Hall–Kier alpha value is -2.69. The van der Waals surface area contributed by atoms with Gasteiger partial charge in [-0.05, 0) is 61.3 Å². The molecule has 10 heteroatoms. The molecule has 2 atom stereocenters. The van der Waals surface area contributed by atoms with Crippen molar-refractivity contribution in [1.82, 2.24) is 4.90 Å². The molecule has 3 rings (SSSR count). The number of carbonyl (C=O) groups excluding carboxylic acids is 1. The molecule has 4 N–H and O–H groups in total. The van der Waals surface area contributed by atoms with Gasteiger partial charge in [0.2, 0.25) is 0 Å². The fourth-order valence-electron chi connectivity index (χ4n) is 3.77. The molecule has 1 heterocycles. The number of aliphatic hydroxyl groups is 1. The molecule has 1 fully saturated rings. The Morgan fingerprint density at radius 3 is 2.38 bits per heavy atom. The van der Waals surface area contributed by atoms with Gasteiger partial charge in [0.05, 0.1) is 13.0 Å². The SMILES string of the molecule is O=C(Cc1ccc(OC(F)(F)F)cc1)[NH2+]C(CN1CCCC1)[C@H](O)c1ccc(O)c(F)c1. The number of nitrogens with two attached hydrogens (primary N) is 1. The van der Waals surface area contributed by atoms with Crippen LogP contribution in [0.25, 0.3) is 0 Å². The first-order valence-electron chi connectivity index (χ1n) is 10.2. The highest BCUT2D eigenvalue weighted by Gasteiger charge is 2.32. The topological polar surface area (TPSA) is 86.6 Å². The van der Waals surface area contributed by atoms with Gasteiger partial charge >= 0.3 is 12.3 Å². The molecule has 6 nitrogen and oxygen atoms in total. The number of phenolic OH excluding ortho intramolecular Hbond substituents is 1. The summed E-state index contributed by atoms with van der Waals surface area (Å²) < 4.78 is 54.4. The molecular weight excluding hydrogens is 432 g/mol. The first-order valence-corrected chi connectivity index (χ1v) is 10.2. The molecule has 2 aromatic rings. The van der Waals surface area contributed by atoms with Gasteiger partial charge in [0.15, 0.2) is 11.6 Å². The molecular formula is C22H25F4N2O4+. The third-order valence-corrected chi connectivity index (χ3v) is 5.32. The van der Waals surface area contributed by atoms with Crippen molar-refractivity contribution in [1.29, 1.82) is 0 Å². The van der Waals surface area contributed by atoms with Crippen molar-refractivity contribution in [2.45, 2.75) is 37.8 Å². The number of aromatic hydroxyl groups is 1. The molecule has 174 valence electrons. The average Bonchev–Trinajstić information content (AvgIpc) is 3.22. The van der Waals surface area contributed by atoms with E-state index in [0.717, 1.165) is 50.2 Å². The lowest BCUT2D eigenvalue weighted by atomic mass is 10.0. The summed E-state index contributed by atoms with van der Waals surface area (Å²) >= 11 is 0. The number of halogens is 4. The Morgan fingerprint density at radius 2 is 1.78 bits per heavy atom. The number of likely N-dealkylation sites (tertiary alicyclic amines) is 1. The van der Waals surface area contributed by atoms with E-state index in [1.165, 1.54) is 23.5 Å². The number of hydrogen-bond donors (Lipinski definition) is 3. The normalized spacial score (nSPS) is 16.7. The third kappa shape index (κ3) is 6.91. The summed E-state index contributed by atoms with van der Waals surface area (Å²) in [6.45, 7) is 2.06. The highest BCUT2D eigenvalue weighted by molar-refractivity contribution is 5.69. The van der Waals surface area contributed by atoms with E-state index in [-0.39, 0.29) is 23.6 Å². The summed E-state index contributed by atoms with van der Waals surface area (Å²) in [7, 11) is 0. The second-order valence-corrected chi connectivity index (χ2v) is 7.83. The largest absolute Gasteiger partial charge is 0.573 e. The molecule has 0 radical (unpaired) electrons. The third-order valence-electron chi connectivity index (χ3n) is 5.32. The fraction of sp³-hybridized carbons (Fsp3) is 0.409. The Morgan fingerprint density at radius 1 is 1.12 bits per heavy atom. The Bertz CT molecular complexity index is 915. The van der Waals surface area contributed by atoms with Gasteiger partial charge in [0.25, 0.3) is 0 Å². The number of benzene rings is 2. The molecule has 1 aliphatic heterocycles. The number of carbonyl (C=O) groups is 1. The van der Waals surface area contributed by atoms with Gasteiger partial charge < -0.3 is 14.9 Å². The molecule has 0 aromatic heterocycles. The summed E-state index contributed by atoms with van der Waals surface area (Å²) in [6, 6.07) is 7.96. The van der Waals surface area contributed by atoms with E-state index in [2.05, 4.69) is 9.64 Å². The predicted molar refractivity (Wildman–Crippen MR) is 106 cm³/mol. The standard InChI is InChI=1S/C22H24F4N2O4/c23-17-12-15(5-8-19(17)29)21(31)18(13-28-9-1-2-10-28)27-20(30)11-14-3-6-16(7-4-14)32-22(24,25)26/h3-8,12,18,21,29,31H,1-2,9-11,13H2,(H,27,30)/p+1/t18?,21-/m1/s1. The number of hydrogen-bond acceptors (Lipinski definition) is 5. The van der Waals surface area contributed by atoms with E-state index in [1.54, 1.807) is 0 Å². The lowest BCUT2D eigenvalue weighted by molar-refractivity contribution is -0.616. The second-order valence-electron chi connectivity index (χ2n) is 7.83. The molecule has 0 spiro atoms. The van der Waals surface area contributed by atoms with Crippen LogP contribution in [-0.4, -0.2) is 53.1 Å². The van der Waals surface area contributed by atoms with Crippen LogP contribution in [0.15, 0.2) is 42.5 Å². The number of quaternary nitrogens is 1. The van der Waals surface area contributed by atoms with Crippen molar-refractivity contribution in [2.75, 3.05) is 19.6 Å². The molecule has 0 aliphatic carbocycles. The zero-order valence-corrected chi connectivity index (χ0v) is 17.2. The van der Waals surface area contributed by atoms with E-state index < -0.39 is 30.1 Å². The zero-order valence-electron chi connectivity index (χ0n) is 17.2. The number of alkyl halides is 3. The molecule has 1 amide bonds. The van der Waals surface area contributed by atoms with Crippen LogP contribution in [0.3, 0.4) is 0 Å². The van der Waals surface area contributed by atoms with Crippen LogP contribution < -0.4 is 10.1 Å². The van der Waals surface area contributed by atoms with Crippen molar-refractivity contribution in [3.8, 4) is 11.5 Å². The van der Waals surface area contributed by atoms with Crippen LogP contribution in [0.2, 0.25) is 0 Å². The number of aliphatic hydroxyl groups excluding tert-OH is 1. The lowest BCUT2D eigenvalue weighted by Gasteiger charge is -2.25. The van der Waals surface area contributed by atoms with Crippen LogP contribution in [0.1, 0.15) is 30.1 Å². The highest BCUT2D eigenvalue weighted by Crippen LogP contribution is 2.24. The lowest BCUT2D eigenvalue weighted by Crippen LogP contribution is -2.96. The Labute approximate surface area is 182 Å². The molecule has 1 saturated heterocycles. The maximum atomic E-state index is 13.8. The number of ether oxygens (including phenoxy) is 1. The number of rotatable bonds is 8. The predicted octanol–water partition coefficient (Wildman–Crippen LogP) is 2.26. The van der Waals surface area contributed by atoms with Crippen LogP contribution in [0.5, 0.6) is 11.5 Å². The van der Waals surface area contributed by atoms with Crippen molar-refractivity contribution >= 4 is 5.91 Å². The van der Waals surface area contributed by atoms with Gasteiger partial charge in [-0.1, -0.05) is 18.2 Å². The summed E-state index contributed by atoms with van der Waals surface area (Å²) in [6.07, 6.45) is -4.01. The van der Waals surface area contributed by atoms with Gasteiger partial charge in [-0.2, -0.15) is 0 Å². The molecule has 2 aromatic carbocycles. The minimum absolute atomic E-state index is 0.0700. The monoisotopic (exact) mass is 457 g/mol. The number of amides is 1. The minimum atomic E-state index is -4.79. The molecule has 0 saturated carbocycles. The second kappa shape index (κ2) is 10.3. The van der Waals surface area contributed by atoms with Crippen molar-refractivity contribution in [2.24, 2.45) is 0 Å². The van der Waals surface area contributed by atoms with Gasteiger partial charge in [-0.15, -0.1) is 13.2 Å². The molecule has 1 unspecified atom stereocenters. The molecule has 32 heavy (non-hydrogen) atoms. The smallest absolute Gasteiger partial charge is 0.505 e. The summed E-state index contributed by atoms with van der Waals surface area (Å²) in [5.74, 6) is -2.10. The Kier molecular flexibility index (Phi) is 7.70. The van der Waals surface area contributed by atoms with E-state index in [0.29, 0.717) is 12.1 Å². The van der Waals surface area contributed by atoms with Crippen LogP contribution in [0, 0.1) is 5.82 Å². The molecule has 1 aliphatic rings. The van der Waals surface area contributed by atoms with E-state index >= 15 is 0 Å². The quantitative estimate of drug-likeness (QED) is 0.530. The van der Waals surface area contributed by atoms with Crippen molar-refractivity contribution in [3.63, 3.8) is 0 Å². The summed E-state index contributed by atoms with van der Waals surface area (Å²) in [5.41, 5.74) is 0.730. The van der Waals surface area contributed by atoms with Crippen molar-refractivity contribution < 1.29 is 42.6 Å². The first kappa shape index (κ1) is 24.0.